The van der Waals surface area contributed by atoms with Crippen molar-refractivity contribution in [1.82, 2.24) is 0 Å². The molecule has 198 valence electrons. The number of hydrogen-bond donors (Lipinski definition) is 1. The number of nitrogens with one attached hydrogen (secondary N) is 1. The first-order valence-corrected chi connectivity index (χ1v) is 14.0. The molecule has 3 aliphatic heterocycles. The van der Waals surface area contributed by atoms with E-state index in [1.165, 1.54) is 12.8 Å². The highest BCUT2D eigenvalue weighted by atomic mass is 16.9. The standard InChI is InChI=1S/C28H39NO7/c1-2-3-18-31-20-13-7-6-12-19(20)29-25(30)23-21-22(34-27(33-21)14-8-4-9-15-27)24-26(32-23)36-28(35-24)16-10-5-11-17-28/h6-7,12-13,21-24,26H,2-5,8-11,14-18H2,1H3,(H,29,30)/t21-,22+,23-,24-,26+/m1/s1. The molecule has 8 nitrogen and oxygen atoms in total. The molecule has 0 aromatic heterocycles. The molecule has 5 aliphatic rings. The fourth-order valence-corrected chi connectivity index (χ4v) is 6.39. The summed E-state index contributed by atoms with van der Waals surface area (Å²) < 4.78 is 38.5. The Balaban J connectivity index is 1.24. The van der Waals surface area contributed by atoms with E-state index in [0.29, 0.717) is 18.0 Å². The van der Waals surface area contributed by atoms with E-state index in [0.717, 1.165) is 64.2 Å². The highest BCUT2D eigenvalue weighted by molar-refractivity contribution is 5.96. The number of anilines is 1. The van der Waals surface area contributed by atoms with Crippen molar-refractivity contribution in [3.05, 3.63) is 24.3 Å². The number of hydrogen-bond acceptors (Lipinski definition) is 7. The maximum absolute atomic E-state index is 13.7. The molecular formula is C28H39NO7. The van der Waals surface area contributed by atoms with Crippen LogP contribution in [-0.4, -0.2) is 54.8 Å². The van der Waals surface area contributed by atoms with Crippen molar-refractivity contribution in [1.29, 1.82) is 0 Å². The van der Waals surface area contributed by atoms with Crippen LogP contribution in [0.25, 0.3) is 0 Å². The van der Waals surface area contributed by atoms with Crippen molar-refractivity contribution in [2.24, 2.45) is 0 Å². The van der Waals surface area contributed by atoms with E-state index in [1.807, 2.05) is 24.3 Å². The van der Waals surface area contributed by atoms with E-state index in [1.54, 1.807) is 0 Å². The lowest BCUT2D eigenvalue weighted by Gasteiger charge is -2.36. The van der Waals surface area contributed by atoms with Gasteiger partial charge in [-0.2, -0.15) is 0 Å². The molecule has 1 aromatic rings. The van der Waals surface area contributed by atoms with Crippen LogP contribution >= 0.6 is 0 Å². The molecule has 36 heavy (non-hydrogen) atoms. The van der Waals surface area contributed by atoms with E-state index in [9.17, 15) is 4.79 Å². The predicted molar refractivity (Wildman–Crippen MR) is 131 cm³/mol. The minimum absolute atomic E-state index is 0.278. The number of carbonyl (C=O) groups is 1. The van der Waals surface area contributed by atoms with Gasteiger partial charge in [0, 0.05) is 25.7 Å². The Morgan fingerprint density at radius 2 is 1.53 bits per heavy atom. The summed E-state index contributed by atoms with van der Waals surface area (Å²) in [6.45, 7) is 2.72. The van der Waals surface area contributed by atoms with Gasteiger partial charge in [-0.15, -0.1) is 0 Å². The average molecular weight is 502 g/mol. The normalized spacial score (nSPS) is 34.3. The second kappa shape index (κ2) is 10.2. The molecule has 1 N–H and O–H groups in total. The molecule has 2 aliphatic carbocycles. The number of carbonyl (C=O) groups excluding carboxylic acids is 1. The third-order valence-corrected chi connectivity index (χ3v) is 8.27. The van der Waals surface area contributed by atoms with Crippen LogP contribution < -0.4 is 10.1 Å². The largest absolute Gasteiger partial charge is 0.491 e. The van der Waals surface area contributed by atoms with E-state index < -0.39 is 42.3 Å². The van der Waals surface area contributed by atoms with Gasteiger partial charge in [-0.3, -0.25) is 4.79 Å². The van der Waals surface area contributed by atoms with E-state index in [2.05, 4.69) is 12.2 Å². The van der Waals surface area contributed by atoms with Crippen LogP contribution in [0.5, 0.6) is 5.75 Å². The summed E-state index contributed by atoms with van der Waals surface area (Å²) >= 11 is 0. The average Bonchev–Trinajstić information content (AvgIpc) is 3.43. The SMILES string of the molecule is CCCCOc1ccccc1NC(=O)[C@@H]1O[C@H]2OC3(CCCCC3)O[C@@H]2[C@H]2OC3(CCCCC3)O[C@H]21. The number of ether oxygens (including phenoxy) is 6. The van der Waals surface area contributed by atoms with Gasteiger partial charge in [-0.25, -0.2) is 0 Å². The van der Waals surface area contributed by atoms with Gasteiger partial charge < -0.3 is 33.7 Å². The molecule has 0 unspecified atom stereocenters. The van der Waals surface area contributed by atoms with Crippen molar-refractivity contribution in [3.8, 4) is 5.75 Å². The molecule has 3 saturated heterocycles. The zero-order chi connectivity index (χ0) is 24.6. The quantitative estimate of drug-likeness (QED) is 0.546. The van der Waals surface area contributed by atoms with Crippen molar-refractivity contribution >= 4 is 11.6 Å². The number of fused-ring (bicyclic) bond motifs is 3. The summed E-state index contributed by atoms with van der Waals surface area (Å²) in [5.41, 5.74) is 0.625. The first kappa shape index (κ1) is 24.6. The number of rotatable bonds is 6. The molecule has 0 radical (unpaired) electrons. The van der Waals surface area contributed by atoms with Crippen molar-refractivity contribution in [3.63, 3.8) is 0 Å². The summed E-state index contributed by atoms with van der Waals surface area (Å²) in [5, 5.41) is 3.04. The highest BCUT2D eigenvalue weighted by Crippen LogP contribution is 2.51. The monoisotopic (exact) mass is 501 g/mol. The second-order valence-corrected chi connectivity index (χ2v) is 10.9. The van der Waals surface area contributed by atoms with E-state index in [4.69, 9.17) is 28.4 Å². The molecular weight excluding hydrogens is 462 g/mol. The predicted octanol–water partition coefficient (Wildman–Crippen LogP) is 5.05. The van der Waals surface area contributed by atoms with Crippen LogP contribution in [0.4, 0.5) is 5.69 Å². The Kier molecular flexibility index (Phi) is 6.99. The Morgan fingerprint density at radius 1 is 0.889 bits per heavy atom. The molecule has 5 fully saturated rings. The number of amides is 1. The van der Waals surface area contributed by atoms with Gasteiger partial charge in [0.25, 0.3) is 5.91 Å². The minimum Gasteiger partial charge on any atom is -0.491 e. The summed E-state index contributed by atoms with van der Waals surface area (Å²) in [5.74, 6) is -0.940. The molecule has 3 heterocycles. The van der Waals surface area contributed by atoms with Crippen LogP contribution in [0.2, 0.25) is 0 Å². The summed E-state index contributed by atoms with van der Waals surface area (Å²) in [6, 6.07) is 7.51. The van der Waals surface area contributed by atoms with E-state index >= 15 is 0 Å². The maximum Gasteiger partial charge on any atom is 0.256 e. The van der Waals surface area contributed by atoms with Gasteiger partial charge in [-0.05, 0) is 44.2 Å². The van der Waals surface area contributed by atoms with Crippen LogP contribution in [0.15, 0.2) is 24.3 Å². The Morgan fingerprint density at radius 3 is 2.25 bits per heavy atom. The third kappa shape index (κ3) is 4.67. The molecule has 5 atom stereocenters. The van der Waals surface area contributed by atoms with Crippen LogP contribution in [0.3, 0.4) is 0 Å². The molecule has 1 amide bonds. The zero-order valence-corrected chi connectivity index (χ0v) is 21.2. The molecule has 2 spiro atoms. The first-order chi connectivity index (χ1) is 17.6. The lowest BCUT2D eigenvalue weighted by molar-refractivity contribution is -0.246. The van der Waals surface area contributed by atoms with Gasteiger partial charge in [0.1, 0.15) is 24.1 Å². The minimum atomic E-state index is -0.872. The Bertz CT molecular complexity index is 926. The van der Waals surface area contributed by atoms with Gasteiger partial charge in [0.2, 0.25) is 0 Å². The Hall–Kier alpha value is -1.71. The van der Waals surface area contributed by atoms with Crippen molar-refractivity contribution < 1.29 is 33.2 Å². The fraction of sp³-hybridized carbons (Fsp3) is 0.750. The highest BCUT2D eigenvalue weighted by Gasteiger charge is 2.65. The van der Waals surface area contributed by atoms with Gasteiger partial charge in [0.05, 0.1) is 12.3 Å². The van der Waals surface area contributed by atoms with Crippen LogP contribution in [0, 0.1) is 0 Å². The number of para-hydroxylation sites is 2. The second-order valence-electron chi connectivity index (χ2n) is 10.9. The smallest absolute Gasteiger partial charge is 0.256 e. The molecule has 8 heteroatoms. The first-order valence-electron chi connectivity index (χ1n) is 14.0. The molecule has 0 bridgehead atoms. The summed E-state index contributed by atoms with van der Waals surface area (Å²) in [6.07, 6.45) is 9.02. The van der Waals surface area contributed by atoms with Gasteiger partial charge >= 0.3 is 0 Å². The van der Waals surface area contributed by atoms with Crippen LogP contribution in [0.1, 0.15) is 84.0 Å². The summed E-state index contributed by atoms with van der Waals surface area (Å²) in [4.78, 5) is 13.7. The Labute approximate surface area is 213 Å². The van der Waals surface area contributed by atoms with Crippen molar-refractivity contribution in [2.75, 3.05) is 11.9 Å². The lowest BCUT2D eigenvalue weighted by Crippen LogP contribution is -2.58. The van der Waals surface area contributed by atoms with Gasteiger partial charge in [0.15, 0.2) is 24.0 Å². The van der Waals surface area contributed by atoms with Crippen LogP contribution in [-0.2, 0) is 28.5 Å². The molecule has 2 saturated carbocycles. The molecule has 1 aromatic carbocycles. The fourth-order valence-electron chi connectivity index (χ4n) is 6.39. The third-order valence-electron chi connectivity index (χ3n) is 8.27. The van der Waals surface area contributed by atoms with Crippen molar-refractivity contribution in [2.45, 2.75) is 126 Å². The lowest BCUT2D eigenvalue weighted by atomic mass is 9.94. The zero-order valence-electron chi connectivity index (χ0n) is 21.2. The van der Waals surface area contributed by atoms with Gasteiger partial charge in [-0.1, -0.05) is 38.3 Å². The topological polar surface area (TPSA) is 84.5 Å². The number of benzene rings is 1. The number of unbranched alkanes of at least 4 members (excludes halogenated alkanes) is 1. The maximum atomic E-state index is 13.7. The molecule has 6 rings (SSSR count). The van der Waals surface area contributed by atoms with E-state index in [-0.39, 0.29) is 5.91 Å². The summed E-state index contributed by atoms with van der Waals surface area (Å²) in [7, 11) is 0.